The molecule has 20 heavy (non-hydrogen) atoms. The van der Waals surface area contributed by atoms with E-state index in [9.17, 15) is 9.18 Å². The molecule has 112 valence electrons. The van der Waals surface area contributed by atoms with E-state index in [2.05, 4.69) is 10.3 Å². The lowest BCUT2D eigenvalue weighted by molar-refractivity contribution is 0.0741. The predicted octanol–water partition coefficient (Wildman–Crippen LogP) is 3.16. The summed E-state index contributed by atoms with van der Waals surface area (Å²) in [7, 11) is 0. The zero-order valence-electron chi connectivity index (χ0n) is 12.7. The number of hydrogen-bond donors (Lipinski definition) is 1. The van der Waals surface area contributed by atoms with Crippen LogP contribution in [-0.2, 0) is 0 Å². The Morgan fingerprint density at radius 1 is 1.45 bits per heavy atom. The van der Waals surface area contributed by atoms with Gasteiger partial charge in [0.1, 0.15) is 0 Å². The zero-order valence-corrected chi connectivity index (χ0v) is 12.7. The average Bonchev–Trinajstić information content (AvgIpc) is 2.42. The van der Waals surface area contributed by atoms with Crippen LogP contribution in [0.15, 0.2) is 12.3 Å². The van der Waals surface area contributed by atoms with E-state index in [-0.39, 0.29) is 17.3 Å². The normalized spacial score (nSPS) is 10.7. The Labute approximate surface area is 120 Å². The first-order chi connectivity index (χ1) is 9.51. The number of amides is 1. The monoisotopic (exact) mass is 281 g/mol. The quantitative estimate of drug-likeness (QED) is 0.835. The molecule has 0 aliphatic carbocycles. The zero-order chi connectivity index (χ0) is 15.1. The van der Waals surface area contributed by atoms with Crippen LogP contribution >= 0.6 is 0 Å². The van der Waals surface area contributed by atoms with Crippen LogP contribution in [0.25, 0.3) is 0 Å². The van der Waals surface area contributed by atoms with Gasteiger partial charge in [-0.1, -0.05) is 20.8 Å². The lowest BCUT2D eigenvalue weighted by atomic mass is 10.1. The van der Waals surface area contributed by atoms with Crippen molar-refractivity contribution in [2.75, 3.05) is 25.0 Å². The van der Waals surface area contributed by atoms with Crippen molar-refractivity contribution in [3.63, 3.8) is 0 Å². The second-order valence-electron chi connectivity index (χ2n) is 5.19. The van der Waals surface area contributed by atoms with Gasteiger partial charge in [0.15, 0.2) is 11.6 Å². The summed E-state index contributed by atoms with van der Waals surface area (Å²) in [6.45, 7) is 9.77. The van der Waals surface area contributed by atoms with E-state index >= 15 is 0 Å². The van der Waals surface area contributed by atoms with Gasteiger partial charge in [-0.05, 0) is 25.3 Å². The van der Waals surface area contributed by atoms with Gasteiger partial charge in [0.05, 0.1) is 5.56 Å². The number of hydrogen-bond acceptors (Lipinski definition) is 3. The maximum absolute atomic E-state index is 14.3. The molecule has 0 atom stereocenters. The first kappa shape index (κ1) is 16.4. The number of anilines is 1. The van der Waals surface area contributed by atoms with Crippen molar-refractivity contribution in [2.45, 2.75) is 34.1 Å². The van der Waals surface area contributed by atoms with Gasteiger partial charge >= 0.3 is 0 Å². The Bertz CT molecular complexity index is 449. The number of nitrogens with one attached hydrogen (secondary N) is 1. The molecule has 1 amide bonds. The minimum Gasteiger partial charge on any atom is -0.368 e. The van der Waals surface area contributed by atoms with Crippen molar-refractivity contribution in [3.8, 4) is 0 Å². The van der Waals surface area contributed by atoms with Crippen molar-refractivity contribution in [1.29, 1.82) is 0 Å². The van der Waals surface area contributed by atoms with Crippen molar-refractivity contribution in [3.05, 3.63) is 23.6 Å². The van der Waals surface area contributed by atoms with Crippen molar-refractivity contribution in [2.24, 2.45) is 5.92 Å². The van der Waals surface area contributed by atoms with E-state index in [4.69, 9.17) is 0 Å². The van der Waals surface area contributed by atoms with Crippen LogP contribution in [0.2, 0.25) is 0 Å². The van der Waals surface area contributed by atoms with Crippen LogP contribution in [-0.4, -0.2) is 35.4 Å². The molecule has 0 spiro atoms. The molecule has 0 saturated heterocycles. The molecular weight excluding hydrogens is 257 g/mol. The van der Waals surface area contributed by atoms with Crippen LogP contribution in [0.4, 0.5) is 10.2 Å². The van der Waals surface area contributed by atoms with Crippen LogP contribution in [0.5, 0.6) is 0 Å². The van der Waals surface area contributed by atoms with Crippen LogP contribution in [0.3, 0.4) is 0 Å². The van der Waals surface area contributed by atoms with E-state index in [1.54, 1.807) is 4.90 Å². The molecule has 0 saturated carbocycles. The first-order valence-electron chi connectivity index (χ1n) is 7.18. The number of aromatic nitrogens is 1. The maximum atomic E-state index is 14.3. The van der Waals surface area contributed by atoms with E-state index in [0.717, 1.165) is 6.42 Å². The van der Waals surface area contributed by atoms with Crippen molar-refractivity contribution >= 4 is 11.7 Å². The molecule has 1 N–H and O–H groups in total. The molecule has 1 aromatic heterocycles. The molecule has 0 unspecified atom stereocenters. The molecule has 5 heteroatoms. The summed E-state index contributed by atoms with van der Waals surface area (Å²) < 4.78 is 14.3. The van der Waals surface area contributed by atoms with Crippen LogP contribution in [0.1, 0.15) is 44.5 Å². The highest BCUT2D eigenvalue weighted by molar-refractivity contribution is 5.95. The Morgan fingerprint density at radius 3 is 2.70 bits per heavy atom. The van der Waals surface area contributed by atoms with Gasteiger partial charge in [-0.3, -0.25) is 4.79 Å². The number of nitrogens with zero attached hydrogens (tertiary/aromatic N) is 2. The molecular formula is C15H24FN3O. The van der Waals surface area contributed by atoms with Crippen molar-refractivity contribution in [1.82, 2.24) is 9.88 Å². The standard InChI is InChI=1S/C15H24FN3O/c1-5-8-17-14-13(16)12(7-9-18-14)15(20)19(6-2)10-11(3)4/h7,9,11H,5-6,8,10H2,1-4H3,(H,17,18). The number of carbonyl (C=O) groups is 1. The largest absolute Gasteiger partial charge is 0.368 e. The Hall–Kier alpha value is -1.65. The number of carbonyl (C=O) groups excluding carboxylic acids is 1. The molecule has 1 aromatic rings. The molecule has 0 radical (unpaired) electrons. The van der Waals surface area contributed by atoms with Crippen LogP contribution < -0.4 is 5.32 Å². The van der Waals surface area contributed by atoms with Crippen LogP contribution in [0, 0.1) is 11.7 Å². The average molecular weight is 281 g/mol. The van der Waals surface area contributed by atoms with Gasteiger partial charge in [-0.25, -0.2) is 9.37 Å². The summed E-state index contributed by atoms with van der Waals surface area (Å²) in [4.78, 5) is 18.0. The molecule has 0 fully saturated rings. The van der Waals surface area contributed by atoms with E-state index in [1.807, 2.05) is 27.7 Å². The molecule has 4 nitrogen and oxygen atoms in total. The summed E-state index contributed by atoms with van der Waals surface area (Å²) in [5.41, 5.74) is 0.0844. The summed E-state index contributed by atoms with van der Waals surface area (Å²) in [6.07, 6.45) is 2.34. The minimum atomic E-state index is -0.562. The van der Waals surface area contributed by atoms with E-state index < -0.39 is 5.82 Å². The van der Waals surface area contributed by atoms with Gasteiger partial charge < -0.3 is 10.2 Å². The molecule has 0 aliphatic rings. The smallest absolute Gasteiger partial charge is 0.257 e. The Kier molecular flexibility index (Phi) is 6.42. The van der Waals surface area contributed by atoms with Gasteiger partial charge in [-0.15, -0.1) is 0 Å². The van der Waals surface area contributed by atoms with E-state index in [1.165, 1.54) is 12.3 Å². The molecule has 0 aromatic carbocycles. The Morgan fingerprint density at radius 2 is 2.15 bits per heavy atom. The Balaban J connectivity index is 2.97. The van der Waals surface area contributed by atoms with Gasteiger partial charge in [0.2, 0.25) is 0 Å². The van der Waals surface area contributed by atoms with Crippen molar-refractivity contribution < 1.29 is 9.18 Å². The second kappa shape index (κ2) is 7.82. The lowest BCUT2D eigenvalue weighted by Gasteiger charge is -2.23. The molecule has 1 heterocycles. The fraction of sp³-hybridized carbons (Fsp3) is 0.600. The summed E-state index contributed by atoms with van der Waals surface area (Å²) >= 11 is 0. The first-order valence-corrected chi connectivity index (χ1v) is 7.18. The number of pyridine rings is 1. The molecule has 1 rings (SSSR count). The van der Waals surface area contributed by atoms with Gasteiger partial charge in [0.25, 0.3) is 5.91 Å². The van der Waals surface area contributed by atoms with E-state index in [0.29, 0.717) is 25.6 Å². The maximum Gasteiger partial charge on any atom is 0.257 e. The summed E-state index contributed by atoms with van der Waals surface area (Å²) in [5.74, 6) is -0.339. The highest BCUT2D eigenvalue weighted by Crippen LogP contribution is 2.17. The predicted molar refractivity (Wildman–Crippen MR) is 79.4 cm³/mol. The number of rotatable bonds is 7. The topological polar surface area (TPSA) is 45.2 Å². The highest BCUT2D eigenvalue weighted by atomic mass is 19.1. The third kappa shape index (κ3) is 4.18. The summed E-state index contributed by atoms with van der Waals surface area (Å²) in [5, 5.41) is 2.90. The minimum absolute atomic E-state index is 0.0844. The third-order valence-corrected chi connectivity index (χ3v) is 2.92. The highest BCUT2D eigenvalue weighted by Gasteiger charge is 2.21. The molecule has 0 bridgehead atoms. The lowest BCUT2D eigenvalue weighted by Crippen LogP contribution is -2.34. The second-order valence-corrected chi connectivity index (χ2v) is 5.19. The SMILES string of the molecule is CCCNc1nccc(C(=O)N(CC)CC(C)C)c1F. The third-order valence-electron chi connectivity index (χ3n) is 2.92. The fourth-order valence-electron chi connectivity index (χ4n) is 1.94. The summed E-state index contributed by atoms with van der Waals surface area (Å²) in [6, 6.07) is 1.44. The molecule has 0 aliphatic heterocycles. The van der Waals surface area contributed by atoms with Gasteiger partial charge in [0, 0.05) is 25.8 Å². The number of halogens is 1. The van der Waals surface area contributed by atoms with Gasteiger partial charge in [-0.2, -0.15) is 0 Å². The fourth-order valence-corrected chi connectivity index (χ4v) is 1.94.